The number of ether oxygens (including phenoxy) is 2. The minimum Gasteiger partial charge on any atom is -0.381 e. The van der Waals surface area contributed by atoms with Gasteiger partial charge < -0.3 is 14.8 Å². The molecule has 1 aliphatic rings. The van der Waals surface area contributed by atoms with Crippen molar-refractivity contribution in [3.63, 3.8) is 0 Å². The highest BCUT2D eigenvalue weighted by atomic mass is 16.5. The van der Waals surface area contributed by atoms with Gasteiger partial charge in [0.15, 0.2) is 0 Å². The monoisotopic (exact) mass is 291 g/mol. The summed E-state index contributed by atoms with van der Waals surface area (Å²) >= 11 is 0. The largest absolute Gasteiger partial charge is 0.381 e. The van der Waals surface area contributed by atoms with Crippen LogP contribution in [0, 0.1) is 11.8 Å². The highest BCUT2D eigenvalue weighted by Crippen LogP contribution is 2.16. The molecule has 3 heteroatoms. The second-order valence-electron chi connectivity index (χ2n) is 6.36. The van der Waals surface area contributed by atoms with E-state index in [0.717, 1.165) is 52.4 Å². The van der Waals surface area contributed by atoms with Gasteiger partial charge in [0.25, 0.3) is 0 Å². The van der Waals surface area contributed by atoms with Crippen LogP contribution in [0.3, 0.4) is 0 Å². The maximum Gasteiger partial charge on any atom is 0.0720 e. The first-order valence-corrected chi connectivity index (χ1v) is 8.18. The highest BCUT2D eigenvalue weighted by molar-refractivity contribution is 5.26. The fourth-order valence-corrected chi connectivity index (χ4v) is 2.61. The van der Waals surface area contributed by atoms with E-state index in [9.17, 15) is 0 Å². The van der Waals surface area contributed by atoms with Crippen LogP contribution in [0.15, 0.2) is 24.3 Å². The van der Waals surface area contributed by atoms with Gasteiger partial charge in [-0.05, 0) is 42.3 Å². The molecule has 21 heavy (non-hydrogen) atoms. The van der Waals surface area contributed by atoms with E-state index in [-0.39, 0.29) is 0 Å². The molecule has 1 fully saturated rings. The Hall–Kier alpha value is -0.900. The minimum atomic E-state index is 0.671. The summed E-state index contributed by atoms with van der Waals surface area (Å²) in [5, 5.41) is 3.51. The molecule has 0 spiro atoms. The first-order valence-electron chi connectivity index (χ1n) is 8.18. The zero-order valence-electron chi connectivity index (χ0n) is 13.4. The summed E-state index contributed by atoms with van der Waals surface area (Å²) in [6.07, 6.45) is 2.27. The Bertz CT molecular complexity index is 400. The molecule has 1 aromatic rings. The second kappa shape index (κ2) is 9.19. The summed E-state index contributed by atoms with van der Waals surface area (Å²) in [7, 11) is 0. The van der Waals surface area contributed by atoms with Crippen molar-refractivity contribution in [1.29, 1.82) is 0 Å². The number of nitrogens with one attached hydrogen (secondary N) is 1. The zero-order chi connectivity index (χ0) is 14.9. The van der Waals surface area contributed by atoms with E-state index in [1.807, 2.05) is 0 Å². The molecule has 1 aliphatic heterocycles. The molecular formula is C18H29NO2. The van der Waals surface area contributed by atoms with Crippen LogP contribution < -0.4 is 5.32 Å². The van der Waals surface area contributed by atoms with Crippen molar-refractivity contribution in [3.8, 4) is 0 Å². The van der Waals surface area contributed by atoms with Crippen LogP contribution in [0.2, 0.25) is 0 Å². The topological polar surface area (TPSA) is 30.5 Å². The lowest BCUT2D eigenvalue weighted by atomic mass is 10.0. The summed E-state index contributed by atoms with van der Waals surface area (Å²) in [4.78, 5) is 0. The molecule has 0 aliphatic carbocycles. The summed E-state index contributed by atoms with van der Waals surface area (Å²) in [5.41, 5.74) is 2.66. The molecule has 1 aromatic carbocycles. The molecule has 0 unspecified atom stereocenters. The second-order valence-corrected chi connectivity index (χ2v) is 6.36. The lowest BCUT2D eigenvalue weighted by molar-refractivity contribution is 0.0156. The molecular weight excluding hydrogens is 262 g/mol. The van der Waals surface area contributed by atoms with Crippen LogP contribution in [0.1, 0.15) is 37.8 Å². The van der Waals surface area contributed by atoms with Gasteiger partial charge in [0.2, 0.25) is 0 Å². The van der Waals surface area contributed by atoms with Crippen LogP contribution in [0.5, 0.6) is 0 Å². The number of hydrogen-bond donors (Lipinski definition) is 1. The first kappa shape index (κ1) is 16.5. The molecule has 1 N–H and O–H groups in total. The van der Waals surface area contributed by atoms with Gasteiger partial charge >= 0.3 is 0 Å². The van der Waals surface area contributed by atoms with Gasteiger partial charge in [0.05, 0.1) is 13.2 Å². The smallest absolute Gasteiger partial charge is 0.0720 e. The van der Waals surface area contributed by atoms with Crippen LogP contribution in [-0.2, 0) is 22.6 Å². The van der Waals surface area contributed by atoms with Gasteiger partial charge in [-0.2, -0.15) is 0 Å². The highest BCUT2D eigenvalue weighted by Gasteiger charge is 2.14. The van der Waals surface area contributed by atoms with E-state index in [4.69, 9.17) is 9.47 Å². The van der Waals surface area contributed by atoms with E-state index in [2.05, 4.69) is 43.4 Å². The van der Waals surface area contributed by atoms with Crippen LogP contribution in [0.25, 0.3) is 0 Å². The number of rotatable bonds is 8. The van der Waals surface area contributed by atoms with E-state index >= 15 is 0 Å². The van der Waals surface area contributed by atoms with Crippen molar-refractivity contribution in [2.45, 2.75) is 39.8 Å². The zero-order valence-corrected chi connectivity index (χ0v) is 13.4. The Morgan fingerprint density at radius 1 is 1.19 bits per heavy atom. The molecule has 0 amide bonds. The quantitative estimate of drug-likeness (QED) is 0.796. The predicted octanol–water partition coefficient (Wildman–Crippen LogP) is 3.38. The van der Waals surface area contributed by atoms with Crippen molar-refractivity contribution < 1.29 is 9.47 Å². The van der Waals surface area contributed by atoms with Gasteiger partial charge in [0.1, 0.15) is 0 Å². The summed E-state index contributed by atoms with van der Waals surface area (Å²) in [6, 6.07) is 8.57. The third kappa shape index (κ3) is 6.16. The third-order valence-electron chi connectivity index (χ3n) is 3.94. The maximum absolute atomic E-state index is 5.94. The molecule has 0 bridgehead atoms. The molecule has 118 valence electrons. The number of benzene rings is 1. The Kier molecular flexibility index (Phi) is 7.20. The average molecular weight is 291 g/mol. The van der Waals surface area contributed by atoms with E-state index in [1.54, 1.807) is 0 Å². The molecule has 0 atom stereocenters. The van der Waals surface area contributed by atoms with Gasteiger partial charge in [-0.25, -0.2) is 0 Å². The lowest BCUT2D eigenvalue weighted by Crippen LogP contribution is -2.21. The molecule has 1 heterocycles. The van der Waals surface area contributed by atoms with E-state index in [1.165, 1.54) is 11.1 Å². The van der Waals surface area contributed by atoms with E-state index < -0.39 is 0 Å². The Balaban J connectivity index is 1.76. The molecule has 0 saturated carbocycles. The number of hydrogen-bond acceptors (Lipinski definition) is 3. The van der Waals surface area contributed by atoms with Gasteiger partial charge in [-0.3, -0.25) is 0 Å². The SMILES string of the molecule is CC(C)CNCc1ccccc1COCC1CCOCC1. The minimum absolute atomic E-state index is 0.671. The van der Waals surface area contributed by atoms with Crippen LogP contribution >= 0.6 is 0 Å². The average Bonchev–Trinajstić information content (AvgIpc) is 2.49. The van der Waals surface area contributed by atoms with Gasteiger partial charge in [-0.15, -0.1) is 0 Å². The van der Waals surface area contributed by atoms with Crippen molar-refractivity contribution in [1.82, 2.24) is 5.32 Å². The van der Waals surface area contributed by atoms with Crippen LogP contribution in [0.4, 0.5) is 0 Å². The summed E-state index contributed by atoms with van der Waals surface area (Å²) < 4.78 is 11.3. The Labute approximate surface area is 129 Å². The fraction of sp³-hybridized carbons (Fsp3) is 0.667. The molecule has 0 aromatic heterocycles. The predicted molar refractivity (Wildman–Crippen MR) is 86.2 cm³/mol. The van der Waals surface area contributed by atoms with E-state index in [0.29, 0.717) is 11.8 Å². The normalized spacial score (nSPS) is 16.5. The summed E-state index contributed by atoms with van der Waals surface area (Å²) in [5.74, 6) is 1.35. The molecule has 1 saturated heterocycles. The summed E-state index contributed by atoms with van der Waals surface area (Å²) in [6.45, 7) is 9.81. The molecule has 0 radical (unpaired) electrons. The Morgan fingerprint density at radius 2 is 1.90 bits per heavy atom. The van der Waals surface area contributed by atoms with Crippen LogP contribution in [-0.4, -0.2) is 26.4 Å². The molecule has 2 rings (SSSR count). The van der Waals surface area contributed by atoms with Crippen molar-refractivity contribution >= 4 is 0 Å². The standard InChI is InChI=1S/C18H29NO2/c1-15(2)11-19-12-17-5-3-4-6-18(17)14-21-13-16-7-9-20-10-8-16/h3-6,15-16,19H,7-14H2,1-2H3. The molecule has 3 nitrogen and oxygen atoms in total. The van der Waals surface area contributed by atoms with Crippen molar-refractivity contribution in [3.05, 3.63) is 35.4 Å². The lowest BCUT2D eigenvalue weighted by Gasteiger charge is -2.22. The third-order valence-corrected chi connectivity index (χ3v) is 3.94. The van der Waals surface area contributed by atoms with Crippen molar-refractivity contribution in [2.24, 2.45) is 11.8 Å². The van der Waals surface area contributed by atoms with Gasteiger partial charge in [-0.1, -0.05) is 38.1 Å². The van der Waals surface area contributed by atoms with Crippen molar-refractivity contribution in [2.75, 3.05) is 26.4 Å². The first-order chi connectivity index (χ1) is 10.3. The maximum atomic E-state index is 5.94. The fourth-order valence-electron chi connectivity index (χ4n) is 2.61. The van der Waals surface area contributed by atoms with Gasteiger partial charge in [0, 0.05) is 19.8 Å². The Morgan fingerprint density at radius 3 is 2.62 bits per heavy atom.